The third-order valence-corrected chi connectivity index (χ3v) is 1.93. The molecule has 82 valence electrons. The maximum Gasteiger partial charge on any atom is 0.223 e. The van der Waals surface area contributed by atoms with Gasteiger partial charge < -0.3 is 10.5 Å². The molecule has 0 radical (unpaired) electrons. The summed E-state index contributed by atoms with van der Waals surface area (Å²) in [6, 6.07) is 2.88. The Morgan fingerprint density at radius 2 is 2.06 bits per heavy atom. The highest BCUT2D eigenvalue weighted by atomic mass is 19.1. The minimum atomic E-state index is -0.436. The minimum Gasteiger partial charge on any atom is -0.481 e. The minimum absolute atomic E-state index is 0.0682. The zero-order valence-corrected chi connectivity index (χ0v) is 8.51. The van der Waals surface area contributed by atoms with Crippen LogP contribution in [0.1, 0.15) is 0 Å². The smallest absolute Gasteiger partial charge is 0.223 e. The SMILES string of the molecule is COc1cc(-c2cncc(F)c2)nc(N)n1. The van der Waals surface area contributed by atoms with E-state index >= 15 is 0 Å². The Labute approximate surface area is 91.1 Å². The molecule has 0 aliphatic heterocycles. The van der Waals surface area contributed by atoms with Gasteiger partial charge in [0, 0.05) is 17.8 Å². The highest BCUT2D eigenvalue weighted by Gasteiger charge is 2.06. The number of ether oxygens (including phenoxy) is 1. The summed E-state index contributed by atoms with van der Waals surface area (Å²) in [6.07, 6.45) is 2.61. The van der Waals surface area contributed by atoms with Crippen LogP contribution in [0.25, 0.3) is 11.3 Å². The number of nitrogen functional groups attached to an aromatic ring is 1. The number of rotatable bonds is 2. The molecule has 5 nitrogen and oxygen atoms in total. The van der Waals surface area contributed by atoms with Gasteiger partial charge in [-0.1, -0.05) is 0 Å². The van der Waals surface area contributed by atoms with Crippen molar-refractivity contribution in [2.45, 2.75) is 0 Å². The van der Waals surface area contributed by atoms with Crippen LogP contribution in [0, 0.1) is 5.82 Å². The van der Waals surface area contributed by atoms with Crippen molar-refractivity contribution in [3.8, 4) is 17.1 Å². The van der Waals surface area contributed by atoms with Crippen LogP contribution >= 0.6 is 0 Å². The van der Waals surface area contributed by atoms with Crippen LogP contribution in [0.15, 0.2) is 24.5 Å². The van der Waals surface area contributed by atoms with E-state index in [1.54, 1.807) is 6.07 Å². The van der Waals surface area contributed by atoms with Gasteiger partial charge in [0.05, 0.1) is 19.0 Å². The number of hydrogen-bond acceptors (Lipinski definition) is 5. The summed E-state index contributed by atoms with van der Waals surface area (Å²) < 4.78 is 17.9. The van der Waals surface area contributed by atoms with E-state index in [9.17, 15) is 4.39 Å². The largest absolute Gasteiger partial charge is 0.481 e. The Bertz CT molecular complexity index is 518. The predicted molar refractivity (Wildman–Crippen MR) is 56.2 cm³/mol. The standard InChI is InChI=1S/C10H9FN4O/c1-16-9-3-8(14-10(12)15-9)6-2-7(11)5-13-4-6/h2-5H,1H3,(H2,12,14,15). The highest BCUT2D eigenvalue weighted by molar-refractivity contribution is 5.60. The topological polar surface area (TPSA) is 73.9 Å². The lowest BCUT2D eigenvalue weighted by atomic mass is 10.2. The molecule has 2 N–H and O–H groups in total. The maximum absolute atomic E-state index is 13.0. The molecule has 0 saturated carbocycles. The van der Waals surface area contributed by atoms with Gasteiger partial charge in [-0.2, -0.15) is 4.98 Å². The summed E-state index contributed by atoms with van der Waals surface area (Å²) in [4.78, 5) is 11.5. The van der Waals surface area contributed by atoms with Crippen LogP contribution in [0.2, 0.25) is 0 Å². The lowest BCUT2D eigenvalue weighted by molar-refractivity contribution is 0.398. The zero-order valence-electron chi connectivity index (χ0n) is 8.51. The second kappa shape index (κ2) is 4.09. The average molecular weight is 220 g/mol. The van der Waals surface area contributed by atoms with Crippen molar-refractivity contribution < 1.29 is 9.13 Å². The third kappa shape index (κ3) is 2.05. The second-order valence-electron chi connectivity index (χ2n) is 3.05. The Morgan fingerprint density at radius 3 is 2.75 bits per heavy atom. The van der Waals surface area contributed by atoms with Crippen molar-refractivity contribution in [3.63, 3.8) is 0 Å². The van der Waals surface area contributed by atoms with E-state index in [0.29, 0.717) is 17.1 Å². The molecule has 0 spiro atoms. The lowest BCUT2D eigenvalue weighted by Crippen LogP contribution is -1.99. The van der Waals surface area contributed by atoms with E-state index in [1.165, 1.54) is 19.4 Å². The quantitative estimate of drug-likeness (QED) is 0.824. The molecule has 0 amide bonds. The first kappa shape index (κ1) is 10.3. The van der Waals surface area contributed by atoms with E-state index in [4.69, 9.17) is 10.5 Å². The molecule has 0 bridgehead atoms. The molecule has 6 heteroatoms. The van der Waals surface area contributed by atoms with Crippen molar-refractivity contribution in [2.75, 3.05) is 12.8 Å². The van der Waals surface area contributed by atoms with Crippen molar-refractivity contribution in [2.24, 2.45) is 0 Å². The second-order valence-corrected chi connectivity index (χ2v) is 3.05. The zero-order chi connectivity index (χ0) is 11.5. The molecular weight excluding hydrogens is 211 g/mol. The van der Waals surface area contributed by atoms with Crippen LogP contribution in [0.4, 0.5) is 10.3 Å². The van der Waals surface area contributed by atoms with Crippen molar-refractivity contribution in [1.82, 2.24) is 15.0 Å². The number of halogens is 1. The number of nitrogens with zero attached hydrogens (tertiary/aromatic N) is 3. The van der Waals surface area contributed by atoms with Crippen molar-refractivity contribution in [1.29, 1.82) is 0 Å². The summed E-state index contributed by atoms with van der Waals surface area (Å²) in [5.74, 6) is -0.0426. The predicted octanol–water partition coefficient (Wildman–Crippen LogP) is 1.27. The van der Waals surface area contributed by atoms with Gasteiger partial charge in [-0.15, -0.1) is 0 Å². The lowest BCUT2D eigenvalue weighted by Gasteiger charge is -2.04. The maximum atomic E-state index is 13.0. The summed E-state index contributed by atoms with van der Waals surface area (Å²) in [6.45, 7) is 0. The van der Waals surface area contributed by atoms with Gasteiger partial charge in [-0.25, -0.2) is 9.37 Å². The third-order valence-electron chi connectivity index (χ3n) is 1.93. The molecule has 0 aliphatic rings. The van der Waals surface area contributed by atoms with Gasteiger partial charge in [0.1, 0.15) is 5.82 Å². The van der Waals surface area contributed by atoms with E-state index < -0.39 is 5.82 Å². The first-order valence-electron chi connectivity index (χ1n) is 4.48. The fraction of sp³-hybridized carbons (Fsp3) is 0.100. The van der Waals surface area contributed by atoms with Gasteiger partial charge >= 0.3 is 0 Å². The molecule has 0 atom stereocenters. The van der Waals surface area contributed by atoms with Crippen LogP contribution < -0.4 is 10.5 Å². The first-order valence-corrected chi connectivity index (χ1v) is 4.48. The van der Waals surface area contributed by atoms with Crippen molar-refractivity contribution >= 4 is 5.95 Å². The number of aromatic nitrogens is 3. The Morgan fingerprint density at radius 1 is 1.25 bits per heavy atom. The summed E-state index contributed by atoms with van der Waals surface area (Å²) in [5.41, 5.74) is 6.48. The first-order chi connectivity index (χ1) is 7.69. The monoisotopic (exact) mass is 220 g/mol. The molecule has 0 unspecified atom stereocenters. The van der Waals surface area contributed by atoms with Gasteiger partial charge in [0.25, 0.3) is 0 Å². The van der Waals surface area contributed by atoms with Crippen LogP contribution in [0.5, 0.6) is 5.88 Å². The normalized spacial score (nSPS) is 10.1. The Hall–Kier alpha value is -2.24. The van der Waals surface area contributed by atoms with Crippen LogP contribution in [-0.4, -0.2) is 22.1 Å². The van der Waals surface area contributed by atoms with Gasteiger partial charge in [-0.05, 0) is 6.07 Å². The highest BCUT2D eigenvalue weighted by Crippen LogP contribution is 2.21. The molecule has 0 aromatic carbocycles. The van der Waals surface area contributed by atoms with Gasteiger partial charge in [-0.3, -0.25) is 4.98 Å². The fourth-order valence-corrected chi connectivity index (χ4v) is 1.25. The number of nitrogens with two attached hydrogens (primary N) is 1. The van der Waals surface area contributed by atoms with E-state index in [2.05, 4.69) is 15.0 Å². The Balaban J connectivity index is 2.51. The number of anilines is 1. The molecule has 0 fully saturated rings. The number of hydrogen-bond donors (Lipinski definition) is 1. The molecule has 2 aromatic heterocycles. The molecule has 0 saturated heterocycles. The van der Waals surface area contributed by atoms with Crippen molar-refractivity contribution in [3.05, 3.63) is 30.3 Å². The van der Waals surface area contributed by atoms with E-state index in [1.807, 2.05) is 0 Å². The van der Waals surface area contributed by atoms with E-state index in [-0.39, 0.29) is 5.95 Å². The molecule has 2 heterocycles. The molecule has 0 aliphatic carbocycles. The number of methoxy groups -OCH3 is 1. The Kier molecular flexibility index (Phi) is 2.63. The summed E-state index contributed by atoms with van der Waals surface area (Å²) >= 11 is 0. The number of pyridine rings is 1. The average Bonchev–Trinajstić information content (AvgIpc) is 2.28. The van der Waals surface area contributed by atoms with E-state index in [0.717, 1.165) is 6.20 Å². The van der Waals surface area contributed by atoms with Crippen LogP contribution in [-0.2, 0) is 0 Å². The summed E-state index contributed by atoms with van der Waals surface area (Å²) in [5, 5.41) is 0. The molecule has 2 rings (SSSR count). The molecule has 16 heavy (non-hydrogen) atoms. The molecular formula is C10H9FN4O. The molecule has 2 aromatic rings. The van der Waals surface area contributed by atoms with Gasteiger partial charge in [0.15, 0.2) is 0 Å². The van der Waals surface area contributed by atoms with Gasteiger partial charge in [0.2, 0.25) is 11.8 Å². The van der Waals surface area contributed by atoms with Crippen LogP contribution in [0.3, 0.4) is 0 Å². The fourth-order valence-electron chi connectivity index (χ4n) is 1.25. The summed E-state index contributed by atoms with van der Waals surface area (Å²) in [7, 11) is 1.47.